The number of aliphatic hydroxyl groups excluding tert-OH is 1. The number of aliphatic hydroxyl groups is 1. The van der Waals surface area contributed by atoms with Gasteiger partial charge in [-0.3, -0.25) is 0 Å². The molecule has 0 saturated heterocycles. The highest BCUT2D eigenvalue weighted by Crippen LogP contribution is 2.21. The summed E-state index contributed by atoms with van der Waals surface area (Å²) in [5.41, 5.74) is 2.31. The van der Waals surface area contributed by atoms with Gasteiger partial charge in [0.15, 0.2) is 0 Å². The van der Waals surface area contributed by atoms with Crippen molar-refractivity contribution in [1.29, 1.82) is 0 Å². The Balaban J connectivity index is 2.18. The molecule has 2 aromatic rings. The summed E-state index contributed by atoms with van der Waals surface area (Å²) in [6.45, 7) is 1.87. The second kappa shape index (κ2) is 5.27. The number of rotatable bonds is 3. The van der Waals surface area contributed by atoms with E-state index in [0.29, 0.717) is 12.0 Å². The number of benzene rings is 2. The number of halogens is 2. The van der Waals surface area contributed by atoms with Gasteiger partial charge in [0.1, 0.15) is 11.6 Å². The van der Waals surface area contributed by atoms with E-state index in [1.807, 2.05) is 6.92 Å². The third-order valence-electron chi connectivity index (χ3n) is 2.98. The largest absolute Gasteiger partial charge is 0.388 e. The van der Waals surface area contributed by atoms with Crippen LogP contribution in [0.25, 0.3) is 0 Å². The van der Waals surface area contributed by atoms with Gasteiger partial charge >= 0.3 is 0 Å². The molecular formula is C15H14F2O. The van der Waals surface area contributed by atoms with Crippen molar-refractivity contribution in [2.45, 2.75) is 19.4 Å². The molecule has 2 rings (SSSR count). The Morgan fingerprint density at radius 3 is 2.28 bits per heavy atom. The number of hydrogen-bond acceptors (Lipinski definition) is 1. The Labute approximate surface area is 105 Å². The maximum absolute atomic E-state index is 13.1. The molecular weight excluding hydrogens is 234 g/mol. The molecule has 2 aromatic carbocycles. The van der Waals surface area contributed by atoms with Crippen LogP contribution in [0.4, 0.5) is 8.78 Å². The lowest BCUT2D eigenvalue weighted by molar-refractivity contribution is 0.178. The predicted molar refractivity (Wildman–Crippen MR) is 66.2 cm³/mol. The SMILES string of the molecule is Cc1ccc(F)cc1CC(O)c1ccc(F)cc1. The first-order valence-electron chi connectivity index (χ1n) is 5.75. The van der Waals surface area contributed by atoms with Crippen LogP contribution in [0.15, 0.2) is 42.5 Å². The van der Waals surface area contributed by atoms with Crippen molar-refractivity contribution in [3.63, 3.8) is 0 Å². The summed E-state index contributed by atoms with van der Waals surface area (Å²) in [7, 11) is 0. The van der Waals surface area contributed by atoms with E-state index in [-0.39, 0.29) is 11.6 Å². The van der Waals surface area contributed by atoms with Gasteiger partial charge in [0, 0.05) is 6.42 Å². The molecule has 0 radical (unpaired) electrons. The average Bonchev–Trinajstić information content (AvgIpc) is 2.34. The van der Waals surface area contributed by atoms with E-state index in [2.05, 4.69) is 0 Å². The van der Waals surface area contributed by atoms with Gasteiger partial charge in [-0.1, -0.05) is 18.2 Å². The quantitative estimate of drug-likeness (QED) is 0.880. The van der Waals surface area contributed by atoms with Gasteiger partial charge < -0.3 is 5.11 Å². The van der Waals surface area contributed by atoms with E-state index in [1.165, 1.54) is 36.4 Å². The van der Waals surface area contributed by atoms with E-state index in [4.69, 9.17) is 0 Å². The summed E-state index contributed by atoms with van der Waals surface area (Å²) >= 11 is 0. The lowest BCUT2D eigenvalue weighted by Crippen LogP contribution is -2.03. The Kier molecular flexibility index (Phi) is 3.72. The molecule has 0 aliphatic carbocycles. The first kappa shape index (κ1) is 12.7. The van der Waals surface area contributed by atoms with Gasteiger partial charge in [-0.25, -0.2) is 8.78 Å². The summed E-state index contributed by atoms with van der Waals surface area (Å²) in [6, 6.07) is 10.2. The van der Waals surface area contributed by atoms with Gasteiger partial charge in [-0.2, -0.15) is 0 Å². The Morgan fingerprint density at radius 2 is 1.61 bits per heavy atom. The molecule has 1 atom stereocenters. The Morgan fingerprint density at radius 1 is 1.00 bits per heavy atom. The minimum absolute atomic E-state index is 0.315. The van der Waals surface area contributed by atoms with E-state index in [9.17, 15) is 13.9 Å². The highest BCUT2D eigenvalue weighted by atomic mass is 19.1. The fraction of sp³-hybridized carbons (Fsp3) is 0.200. The molecule has 0 spiro atoms. The van der Waals surface area contributed by atoms with Gasteiger partial charge in [-0.05, 0) is 47.9 Å². The van der Waals surface area contributed by atoms with E-state index < -0.39 is 6.10 Å². The second-order valence-corrected chi connectivity index (χ2v) is 4.34. The highest BCUT2D eigenvalue weighted by Gasteiger charge is 2.11. The van der Waals surface area contributed by atoms with Crippen LogP contribution in [0.2, 0.25) is 0 Å². The lowest BCUT2D eigenvalue weighted by atomic mass is 9.98. The van der Waals surface area contributed by atoms with Crippen molar-refractivity contribution in [2.24, 2.45) is 0 Å². The predicted octanol–water partition coefficient (Wildman–Crippen LogP) is 3.55. The van der Waals surface area contributed by atoms with Crippen LogP contribution in [0.3, 0.4) is 0 Å². The standard InChI is InChI=1S/C15H14F2O/c1-10-2-5-14(17)8-12(10)9-15(18)11-3-6-13(16)7-4-11/h2-8,15,18H,9H2,1H3. The van der Waals surface area contributed by atoms with Crippen LogP contribution in [-0.2, 0) is 6.42 Å². The molecule has 1 nitrogen and oxygen atoms in total. The molecule has 1 N–H and O–H groups in total. The number of aryl methyl sites for hydroxylation is 1. The van der Waals surface area contributed by atoms with Crippen molar-refractivity contribution in [2.75, 3.05) is 0 Å². The summed E-state index contributed by atoms with van der Waals surface area (Å²) in [5, 5.41) is 10.0. The van der Waals surface area contributed by atoms with Gasteiger partial charge in [0.05, 0.1) is 6.10 Å². The molecule has 18 heavy (non-hydrogen) atoms. The number of hydrogen-bond donors (Lipinski definition) is 1. The van der Waals surface area contributed by atoms with Gasteiger partial charge in [0.25, 0.3) is 0 Å². The first-order valence-corrected chi connectivity index (χ1v) is 5.75. The smallest absolute Gasteiger partial charge is 0.123 e. The summed E-state index contributed by atoms with van der Waals surface area (Å²) in [5.74, 6) is -0.658. The molecule has 1 unspecified atom stereocenters. The minimum atomic E-state index is -0.758. The van der Waals surface area contributed by atoms with Gasteiger partial charge in [0.2, 0.25) is 0 Å². The van der Waals surface area contributed by atoms with Crippen LogP contribution >= 0.6 is 0 Å². The molecule has 0 amide bonds. The van der Waals surface area contributed by atoms with Crippen molar-refractivity contribution < 1.29 is 13.9 Å². The fourth-order valence-corrected chi connectivity index (χ4v) is 1.87. The van der Waals surface area contributed by atoms with Crippen molar-refractivity contribution >= 4 is 0 Å². The summed E-state index contributed by atoms with van der Waals surface area (Å²) in [6.07, 6.45) is -0.444. The second-order valence-electron chi connectivity index (χ2n) is 4.34. The van der Waals surface area contributed by atoms with Crippen molar-refractivity contribution in [1.82, 2.24) is 0 Å². The van der Waals surface area contributed by atoms with Crippen molar-refractivity contribution in [3.05, 3.63) is 70.8 Å². The zero-order valence-corrected chi connectivity index (χ0v) is 10.0. The zero-order valence-electron chi connectivity index (χ0n) is 10.0. The molecule has 0 aliphatic rings. The molecule has 0 aliphatic heterocycles. The summed E-state index contributed by atoms with van der Waals surface area (Å²) in [4.78, 5) is 0. The first-order chi connectivity index (χ1) is 8.56. The molecule has 94 valence electrons. The van der Waals surface area contributed by atoms with Crippen LogP contribution in [0.1, 0.15) is 22.8 Å². The third-order valence-corrected chi connectivity index (χ3v) is 2.98. The third kappa shape index (κ3) is 2.93. The van der Waals surface area contributed by atoms with Crippen molar-refractivity contribution in [3.8, 4) is 0 Å². The topological polar surface area (TPSA) is 20.2 Å². The van der Waals surface area contributed by atoms with Crippen LogP contribution in [-0.4, -0.2) is 5.11 Å². The Hall–Kier alpha value is -1.74. The monoisotopic (exact) mass is 248 g/mol. The normalized spacial score (nSPS) is 12.4. The molecule has 0 heterocycles. The van der Waals surface area contributed by atoms with E-state index in [1.54, 1.807) is 6.07 Å². The van der Waals surface area contributed by atoms with E-state index >= 15 is 0 Å². The minimum Gasteiger partial charge on any atom is -0.388 e. The fourth-order valence-electron chi connectivity index (χ4n) is 1.87. The van der Waals surface area contributed by atoms with Crippen LogP contribution in [0, 0.1) is 18.6 Å². The lowest BCUT2D eigenvalue weighted by Gasteiger charge is -2.13. The Bertz CT molecular complexity index is 535. The van der Waals surface area contributed by atoms with Gasteiger partial charge in [-0.15, -0.1) is 0 Å². The molecule has 0 bridgehead atoms. The molecule has 0 saturated carbocycles. The summed E-state index contributed by atoms with van der Waals surface area (Å²) < 4.78 is 25.9. The van der Waals surface area contributed by atoms with Crippen LogP contribution < -0.4 is 0 Å². The van der Waals surface area contributed by atoms with Crippen LogP contribution in [0.5, 0.6) is 0 Å². The maximum Gasteiger partial charge on any atom is 0.123 e. The average molecular weight is 248 g/mol. The molecule has 0 aromatic heterocycles. The zero-order chi connectivity index (χ0) is 13.1. The molecule has 3 heteroatoms. The maximum atomic E-state index is 13.1. The van der Waals surface area contributed by atoms with E-state index in [0.717, 1.165) is 11.1 Å². The molecule has 0 fully saturated rings. The highest BCUT2D eigenvalue weighted by molar-refractivity contribution is 5.29.